The zero-order valence-corrected chi connectivity index (χ0v) is 9.58. The van der Waals surface area contributed by atoms with Crippen molar-refractivity contribution in [3.8, 4) is 0 Å². The third kappa shape index (κ3) is 3.19. The number of hydrogen-bond acceptors (Lipinski definition) is 1. The van der Waals surface area contributed by atoms with Crippen LogP contribution in [0.1, 0.15) is 5.56 Å². The third-order valence-electron chi connectivity index (χ3n) is 1.75. The van der Waals surface area contributed by atoms with Crippen molar-refractivity contribution in [3.05, 3.63) is 33.3 Å². The Labute approximate surface area is 94.4 Å². The van der Waals surface area contributed by atoms with Gasteiger partial charge in [-0.05, 0) is 33.6 Å². The van der Waals surface area contributed by atoms with Crippen molar-refractivity contribution in [2.45, 2.75) is 12.3 Å². The first-order valence-electron chi connectivity index (χ1n) is 3.96. The Bertz CT molecular complexity index is 331. The van der Waals surface area contributed by atoms with Crippen LogP contribution < -0.4 is 5.73 Å². The first-order chi connectivity index (χ1) is 6.44. The molecule has 0 atom stereocenters. The van der Waals surface area contributed by atoms with Crippen molar-refractivity contribution >= 4 is 27.5 Å². The first-order valence-corrected chi connectivity index (χ1v) is 5.13. The molecule has 0 radical (unpaired) electrons. The molecule has 1 nitrogen and oxygen atoms in total. The minimum Gasteiger partial charge on any atom is -0.325 e. The van der Waals surface area contributed by atoms with Crippen LogP contribution in [0.3, 0.4) is 0 Å². The number of benzene rings is 1. The summed E-state index contributed by atoms with van der Waals surface area (Å²) in [4.78, 5) is 0. The van der Waals surface area contributed by atoms with Gasteiger partial charge >= 0.3 is 0 Å². The maximum atomic E-state index is 12.9. The lowest BCUT2D eigenvalue weighted by atomic mass is 10.1. The highest BCUT2D eigenvalue weighted by Crippen LogP contribution is 2.26. The van der Waals surface area contributed by atoms with Gasteiger partial charge < -0.3 is 5.73 Å². The van der Waals surface area contributed by atoms with Crippen molar-refractivity contribution in [2.75, 3.05) is 6.54 Å². The highest BCUT2D eigenvalue weighted by Gasteiger charge is 2.27. The fraction of sp³-hybridized carbons (Fsp3) is 0.333. The molecule has 0 unspecified atom stereocenters. The largest absolute Gasteiger partial charge is 0.325 e. The number of alkyl halides is 2. The van der Waals surface area contributed by atoms with Crippen LogP contribution in [0, 0.1) is 0 Å². The van der Waals surface area contributed by atoms with E-state index in [0.717, 1.165) is 0 Å². The molecule has 0 saturated heterocycles. The molecule has 0 saturated carbocycles. The minimum absolute atomic E-state index is 0.362. The van der Waals surface area contributed by atoms with E-state index >= 15 is 0 Å². The van der Waals surface area contributed by atoms with E-state index in [-0.39, 0.29) is 6.42 Å². The molecule has 0 fully saturated rings. The molecule has 0 aliphatic carbocycles. The van der Waals surface area contributed by atoms with E-state index in [1.165, 1.54) is 0 Å². The van der Waals surface area contributed by atoms with Gasteiger partial charge in [-0.3, -0.25) is 0 Å². The Hall–Kier alpha value is -0.190. The Morgan fingerprint density at radius 1 is 1.43 bits per heavy atom. The normalized spacial score (nSPS) is 11.8. The molecule has 0 spiro atoms. The summed E-state index contributed by atoms with van der Waals surface area (Å²) in [7, 11) is 0. The van der Waals surface area contributed by atoms with Gasteiger partial charge in [0, 0.05) is 10.9 Å². The summed E-state index contributed by atoms with van der Waals surface area (Å²) in [5, 5.41) is 0.504. The van der Waals surface area contributed by atoms with Crippen LogP contribution >= 0.6 is 27.5 Å². The molecule has 14 heavy (non-hydrogen) atoms. The summed E-state index contributed by atoms with van der Waals surface area (Å²) in [6, 6.07) is 4.72. The molecule has 0 aromatic heterocycles. The van der Waals surface area contributed by atoms with E-state index in [4.69, 9.17) is 17.3 Å². The lowest BCUT2D eigenvalue weighted by Crippen LogP contribution is -2.30. The highest BCUT2D eigenvalue weighted by molar-refractivity contribution is 9.10. The first kappa shape index (κ1) is 11.9. The summed E-state index contributed by atoms with van der Waals surface area (Å²) in [6.07, 6.45) is -0.362. The lowest BCUT2D eigenvalue weighted by molar-refractivity contribution is 0.0115. The van der Waals surface area contributed by atoms with Crippen LogP contribution in [0.2, 0.25) is 5.02 Å². The molecule has 5 heteroatoms. The molecule has 0 amide bonds. The maximum Gasteiger partial charge on any atom is 0.264 e. The molecule has 1 aromatic rings. The second kappa shape index (κ2) is 4.55. The fourth-order valence-corrected chi connectivity index (χ4v) is 1.56. The van der Waals surface area contributed by atoms with Crippen LogP contribution in [0.5, 0.6) is 0 Å². The van der Waals surface area contributed by atoms with E-state index in [9.17, 15) is 8.78 Å². The monoisotopic (exact) mass is 283 g/mol. The number of rotatable bonds is 3. The molecule has 0 aliphatic heterocycles. The molecule has 0 heterocycles. The molecular weight excluding hydrogens is 275 g/mol. The molecule has 0 bridgehead atoms. The van der Waals surface area contributed by atoms with Gasteiger partial charge in [0.2, 0.25) is 0 Å². The number of nitrogens with two attached hydrogens (primary N) is 1. The SMILES string of the molecule is NCC(F)(F)Cc1ccc(Cl)c(Br)c1. The summed E-state index contributed by atoms with van der Waals surface area (Å²) in [5.41, 5.74) is 5.45. The fourth-order valence-electron chi connectivity index (χ4n) is 1.02. The average molecular weight is 285 g/mol. The highest BCUT2D eigenvalue weighted by atomic mass is 79.9. The standard InChI is InChI=1S/C9H9BrClF2N/c10-7-3-6(1-2-8(7)11)4-9(12,13)5-14/h1-3H,4-5,14H2. The van der Waals surface area contributed by atoms with Gasteiger partial charge in [0.05, 0.1) is 11.6 Å². The van der Waals surface area contributed by atoms with E-state index in [1.54, 1.807) is 18.2 Å². The summed E-state index contributed by atoms with van der Waals surface area (Å²) in [6.45, 7) is -0.646. The molecule has 78 valence electrons. The van der Waals surface area contributed by atoms with Crippen LogP contribution in [-0.4, -0.2) is 12.5 Å². The van der Waals surface area contributed by atoms with Gasteiger partial charge in [-0.25, -0.2) is 8.78 Å². The predicted molar refractivity (Wildman–Crippen MR) is 56.9 cm³/mol. The number of hydrogen-bond donors (Lipinski definition) is 1. The molecule has 1 aromatic carbocycles. The lowest BCUT2D eigenvalue weighted by Gasteiger charge is -2.13. The van der Waals surface area contributed by atoms with E-state index in [0.29, 0.717) is 15.1 Å². The van der Waals surface area contributed by atoms with Crippen LogP contribution in [0.25, 0.3) is 0 Å². The van der Waals surface area contributed by atoms with Gasteiger partial charge in [0.15, 0.2) is 0 Å². The van der Waals surface area contributed by atoms with Gasteiger partial charge in [-0.2, -0.15) is 0 Å². The summed E-state index contributed by atoms with van der Waals surface area (Å²) < 4.78 is 26.4. The average Bonchev–Trinajstić information content (AvgIpc) is 2.11. The molecular formula is C9H9BrClF2N. The predicted octanol–water partition coefficient (Wildman–Crippen LogP) is 3.24. The second-order valence-corrected chi connectivity index (χ2v) is 4.25. The zero-order chi connectivity index (χ0) is 10.8. The van der Waals surface area contributed by atoms with Gasteiger partial charge in [0.25, 0.3) is 5.92 Å². The van der Waals surface area contributed by atoms with Crippen LogP contribution in [0.15, 0.2) is 22.7 Å². The Morgan fingerprint density at radius 2 is 2.07 bits per heavy atom. The van der Waals surface area contributed by atoms with Gasteiger partial charge in [-0.15, -0.1) is 0 Å². The Balaban J connectivity index is 2.83. The van der Waals surface area contributed by atoms with Crippen LogP contribution in [-0.2, 0) is 6.42 Å². The quantitative estimate of drug-likeness (QED) is 0.906. The maximum absolute atomic E-state index is 12.9. The Morgan fingerprint density at radius 3 is 2.57 bits per heavy atom. The second-order valence-electron chi connectivity index (χ2n) is 2.99. The molecule has 0 aliphatic rings. The molecule has 1 rings (SSSR count). The van der Waals surface area contributed by atoms with E-state index in [1.807, 2.05) is 0 Å². The summed E-state index contributed by atoms with van der Waals surface area (Å²) in [5.74, 6) is -2.85. The topological polar surface area (TPSA) is 26.0 Å². The van der Waals surface area contributed by atoms with Crippen molar-refractivity contribution in [2.24, 2.45) is 5.73 Å². The van der Waals surface area contributed by atoms with Crippen molar-refractivity contribution in [1.29, 1.82) is 0 Å². The van der Waals surface area contributed by atoms with Crippen molar-refractivity contribution in [3.63, 3.8) is 0 Å². The van der Waals surface area contributed by atoms with E-state index < -0.39 is 12.5 Å². The van der Waals surface area contributed by atoms with E-state index in [2.05, 4.69) is 15.9 Å². The van der Waals surface area contributed by atoms with Gasteiger partial charge in [-0.1, -0.05) is 17.7 Å². The van der Waals surface area contributed by atoms with Crippen LogP contribution in [0.4, 0.5) is 8.78 Å². The third-order valence-corrected chi connectivity index (χ3v) is 2.96. The summed E-state index contributed by atoms with van der Waals surface area (Å²) >= 11 is 8.89. The molecule has 2 N–H and O–H groups in total. The van der Waals surface area contributed by atoms with Crippen molar-refractivity contribution in [1.82, 2.24) is 0 Å². The number of halogens is 4. The Kier molecular flexibility index (Phi) is 3.86. The van der Waals surface area contributed by atoms with Gasteiger partial charge in [0.1, 0.15) is 0 Å². The minimum atomic E-state index is -2.85. The van der Waals surface area contributed by atoms with Crippen molar-refractivity contribution < 1.29 is 8.78 Å². The zero-order valence-electron chi connectivity index (χ0n) is 7.24. The smallest absolute Gasteiger partial charge is 0.264 e.